The molecule has 2 heterocycles. The Bertz CT molecular complexity index is 861. The minimum absolute atomic E-state index is 0.0129. The molecular weight excluding hydrogens is 314 g/mol. The molecule has 3 aromatic rings. The summed E-state index contributed by atoms with van der Waals surface area (Å²) >= 11 is 0. The smallest absolute Gasteiger partial charge is 0.242 e. The lowest BCUT2D eigenvalue weighted by Gasteiger charge is -2.20. The second-order valence-electron chi connectivity index (χ2n) is 7.05. The molecule has 0 saturated heterocycles. The molecule has 0 amide bonds. The predicted molar refractivity (Wildman–Crippen MR) is 99.5 cm³/mol. The molecule has 5 heteroatoms. The first-order valence-electron chi connectivity index (χ1n) is 8.55. The van der Waals surface area contributed by atoms with Gasteiger partial charge in [-0.2, -0.15) is 0 Å². The molecule has 0 aliphatic carbocycles. The van der Waals surface area contributed by atoms with Crippen molar-refractivity contribution in [1.29, 1.82) is 0 Å². The van der Waals surface area contributed by atoms with Crippen LogP contribution in [-0.2, 0) is 12.0 Å². The van der Waals surface area contributed by atoms with Crippen LogP contribution in [0.5, 0.6) is 11.6 Å². The first-order valence-corrected chi connectivity index (χ1v) is 8.55. The molecule has 5 nitrogen and oxygen atoms in total. The molecule has 132 valence electrons. The largest absolute Gasteiger partial charge is 0.497 e. The predicted octanol–water partition coefficient (Wildman–Crippen LogP) is 4.18. The van der Waals surface area contributed by atoms with Gasteiger partial charge in [0, 0.05) is 6.20 Å². The maximum absolute atomic E-state index is 5.82. The molecule has 0 unspecified atom stereocenters. The van der Waals surface area contributed by atoms with Crippen LogP contribution in [0.25, 0.3) is 11.0 Å². The van der Waals surface area contributed by atoms with Gasteiger partial charge in [0.25, 0.3) is 0 Å². The lowest BCUT2D eigenvalue weighted by molar-refractivity contribution is 0.325. The SMILES string of the molecule is CCOc1nn(Cc2ccc(OC)cc2)c2nccc(C(C)(C)C)c12. The van der Waals surface area contributed by atoms with E-state index in [1.54, 1.807) is 7.11 Å². The number of fused-ring (bicyclic) bond motifs is 1. The zero-order valence-electron chi connectivity index (χ0n) is 15.5. The van der Waals surface area contributed by atoms with Crippen LogP contribution in [0.2, 0.25) is 0 Å². The van der Waals surface area contributed by atoms with Gasteiger partial charge in [-0.25, -0.2) is 9.67 Å². The van der Waals surface area contributed by atoms with Crippen molar-refractivity contribution < 1.29 is 9.47 Å². The highest BCUT2D eigenvalue weighted by atomic mass is 16.5. The van der Waals surface area contributed by atoms with Crippen molar-refractivity contribution in [3.05, 3.63) is 47.7 Å². The number of aromatic nitrogens is 3. The Labute approximate surface area is 148 Å². The van der Waals surface area contributed by atoms with Crippen LogP contribution in [0, 0.1) is 0 Å². The van der Waals surface area contributed by atoms with E-state index in [1.165, 1.54) is 5.56 Å². The van der Waals surface area contributed by atoms with Gasteiger partial charge in [0.05, 0.1) is 25.6 Å². The summed E-state index contributed by atoms with van der Waals surface area (Å²) in [6, 6.07) is 10.1. The van der Waals surface area contributed by atoms with E-state index >= 15 is 0 Å². The Kier molecular flexibility index (Phi) is 4.66. The quantitative estimate of drug-likeness (QED) is 0.699. The van der Waals surface area contributed by atoms with Crippen molar-refractivity contribution in [3.63, 3.8) is 0 Å². The zero-order valence-corrected chi connectivity index (χ0v) is 15.5. The van der Waals surface area contributed by atoms with Crippen molar-refractivity contribution in [2.45, 2.75) is 39.7 Å². The summed E-state index contributed by atoms with van der Waals surface area (Å²) in [4.78, 5) is 4.58. The van der Waals surface area contributed by atoms with Gasteiger partial charge in [0.1, 0.15) is 5.75 Å². The summed E-state index contributed by atoms with van der Waals surface area (Å²) in [6.07, 6.45) is 1.85. The minimum atomic E-state index is -0.0129. The normalized spacial score (nSPS) is 11.7. The first-order chi connectivity index (χ1) is 11.9. The van der Waals surface area contributed by atoms with E-state index < -0.39 is 0 Å². The minimum Gasteiger partial charge on any atom is -0.497 e. The van der Waals surface area contributed by atoms with Crippen molar-refractivity contribution in [2.75, 3.05) is 13.7 Å². The van der Waals surface area contributed by atoms with Crippen molar-refractivity contribution in [3.8, 4) is 11.6 Å². The molecule has 25 heavy (non-hydrogen) atoms. The third-order valence-corrected chi connectivity index (χ3v) is 4.18. The molecule has 0 aliphatic rings. The summed E-state index contributed by atoms with van der Waals surface area (Å²) < 4.78 is 13.0. The molecule has 0 N–H and O–H groups in total. The second kappa shape index (κ2) is 6.75. The number of hydrogen-bond acceptors (Lipinski definition) is 4. The molecule has 0 saturated carbocycles. The van der Waals surface area contributed by atoms with Crippen LogP contribution in [0.3, 0.4) is 0 Å². The third kappa shape index (κ3) is 3.45. The van der Waals surface area contributed by atoms with E-state index in [0.29, 0.717) is 19.0 Å². The maximum Gasteiger partial charge on any atom is 0.242 e. The van der Waals surface area contributed by atoms with Gasteiger partial charge in [0.15, 0.2) is 5.65 Å². The lowest BCUT2D eigenvalue weighted by atomic mass is 9.86. The molecular formula is C20H25N3O2. The van der Waals surface area contributed by atoms with Gasteiger partial charge in [0.2, 0.25) is 5.88 Å². The zero-order chi connectivity index (χ0) is 18.0. The molecule has 0 spiro atoms. The number of rotatable bonds is 5. The van der Waals surface area contributed by atoms with E-state index in [0.717, 1.165) is 22.3 Å². The van der Waals surface area contributed by atoms with Crippen LogP contribution < -0.4 is 9.47 Å². The number of methoxy groups -OCH3 is 1. The highest BCUT2D eigenvalue weighted by Gasteiger charge is 2.23. The lowest BCUT2D eigenvalue weighted by Crippen LogP contribution is -2.12. The van der Waals surface area contributed by atoms with Crippen molar-refractivity contribution in [1.82, 2.24) is 14.8 Å². The molecule has 0 radical (unpaired) electrons. The molecule has 0 atom stereocenters. The van der Waals surface area contributed by atoms with Crippen LogP contribution in [0.15, 0.2) is 36.5 Å². The van der Waals surface area contributed by atoms with E-state index in [2.05, 4.69) is 31.8 Å². The Morgan fingerprint density at radius 2 is 1.80 bits per heavy atom. The molecule has 0 aliphatic heterocycles. The fourth-order valence-corrected chi connectivity index (χ4v) is 2.94. The summed E-state index contributed by atoms with van der Waals surface area (Å²) in [6.45, 7) is 9.76. The number of ether oxygens (including phenoxy) is 2. The highest BCUT2D eigenvalue weighted by Crippen LogP contribution is 2.34. The van der Waals surface area contributed by atoms with Gasteiger partial charge >= 0.3 is 0 Å². The Hall–Kier alpha value is -2.56. The van der Waals surface area contributed by atoms with E-state index in [4.69, 9.17) is 14.6 Å². The second-order valence-corrected chi connectivity index (χ2v) is 7.05. The standard InChI is InChI=1S/C20H25N3O2/c1-6-25-19-17-16(20(2,3)4)11-12-21-18(17)23(22-19)13-14-7-9-15(24-5)10-8-14/h7-12H,6,13H2,1-5H3. The van der Waals surface area contributed by atoms with Gasteiger partial charge in [-0.15, -0.1) is 5.10 Å². The van der Waals surface area contributed by atoms with Crippen molar-refractivity contribution >= 4 is 11.0 Å². The highest BCUT2D eigenvalue weighted by molar-refractivity contribution is 5.86. The van der Waals surface area contributed by atoms with Crippen molar-refractivity contribution in [2.24, 2.45) is 0 Å². The Morgan fingerprint density at radius 1 is 1.08 bits per heavy atom. The molecule has 0 fully saturated rings. The number of pyridine rings is 1. The summed E-state index contributed by atoms with van der Waals surface area (Å²) in [5.74, 6) is 1.50. The molecule has 2 aromatic heterocycles. The summed E-state index contributed by atoms with van der Waals surface area (Å²) in [5, 5.41) is 5.70. The van der Waals surface area contributed by atoms with E-state index in [-0.39, 0.29) is 5.41 Å². The fourth-order valence-electron chi connectivity index (χ4n) is 2.94. The number of hydrogen-bond donors (Lipinski definition) is 0. The van der Waals surface area contributed by atoms with Crippen LogP contribution in [0.4, 0.5) is 0 Å². The van der Waals surface area contributed by atoms with E-state index in [1.807, 2.05) is 42.1 Å². The molecule has 3 rings (SSSR count). The fraction of sp³-hybridized carbons (Fsp3) is 0.400. The number of benzene rings is 1. The molecule has 0 bridgehead atoms. The van der Waals surface area contributed by atoms with Gasteiger partial charge in [-0.1, -0.05) is 32.9 Å². The monoisotopic (exact) mass is 339 g/mol. The molecule has 1 aromatic carbocycles. The van der Waals surface area contributed by atoms with Gasteiger partial charge in [-0.05, 0) is 41.7 Å². The summed E-state index contributed by atoms with van der Waals surface area (Å²) in [5.41, 5.74) is 3.17. The average molecular weight is 339 g/mol. The van der Waals surface area contributed by atoms with Crippen LogP contribution in [-0.4, -0.2) is 28.5 Å². The Morgan fingerprint density at radius 3 is 2.40 bits per heavy atom. The number of nitrogens with zero attached hydrogens (tertiary/aromatic N) is 3. The van der Waals surface area contributed by atoms with Gasteiger partial charge < -0.3 is 9.47 Å². The first kappa shape index (κ1) is 17.3. The van der Waals surface area contributed by atoms with E-state index in [9.17, 15) is 0 Å². The van der Waals surface area contributed by atoms with Crippen LogP contribution in [0.1, 0.15) is 38.8 Å². The summed E-state index contributed by atoms with van der Waals surface area (Å²) in [7, 11) is 1.67. The topological polar surface area (TPSA) is 49.2 Å². The Balaban J connectivity index is 2.09. The van der Waals surface area contributed by atoms with Gasteiger partial charge in [-0.3, -0.25) is 0 Å². The average Bonchev–Trinajstić information content (AvgIpc) is 2.93. The van der Waals surface area contributed by atoms with Crippen LogP contribution >= 0.6 is 0 Å². The third-order valence-electron chi connectivity index (χ3n) is 4.18. The maximum atomic E-state index is 5.82.